The van der Waals surface area contributed by atoms with E-state index in [9.17, 15) is 23.4 Å². The number of aliphatic hydroxyl groups excluding tert-OH is 2. The van der Waals surface area contributed by atoms with Crippen LogP contribution >= 0.6 is 0 Å². The Kier molecular flexibility index (Phi) is 10.4. The summed E-state index contributed by atoms with van der Waals surface area (Å²) in [5.74, 6) is -3.13. The molecule has 1 aromatic heterocycles. The molecular weight excluding hydrogens is 563 g/mol. The number of pyridine rings is 1. The number of aliphatic hydroxyl groups is 2. The first-order valence-corrected chi connectivity index (χ1v) is 14.8. The van der Waals surface area contributed by atoms with Crippen LogP contribution in [0.2, 0.25) is 0 Å². The molecule has 3 aromatic rings. The van der Waals surface area contributed by atoms with Gasteiger partial charge in [0.05, 0.1) is 31.9 Å². The monoisotopic (exact) mass is 603 g/mol. The Morgan fingerprint density at radius 1 is 1.05 bits per heavy atom. The second-order valence-electron chi connectivity index (χ2n) is 11.6. The Hall–Kier alpha value is -2.96. The average molecular weight is 604 g/mol. The lowest BCUT2D eigenvalue weighted by Crippen LogP contribution is -2.43. The number of fused-ring (bicyclic) bond motifs is 1. The Morgan fingerprint density at radius 3 is 2.53 bits per heavy atom. The van der Waals surface area contributed by atoms with Crippen LogP contribution in [0.5, 0.6) is 11.5 Å². The molecule has 8 nitrogen and oxygen atoms in total. The molecule has 43 heavy (non-hydrogen) atoms. The molecule has 0 unspecified atom stereocenters. The molecule has 5 rings (SSSR count). The van der Waals surface area contributed by atoms with Gasteiger partial charge in [0.15, 0.2) is 11.6 Å². The van der Waals surface area contributed by atoms with Crippen molar-refractivity contribution in [2.24, 2.45) is 5.41 Å². The van der Waals surface area contributed by atoms with Crippen molar-refractivity contribution in [2.75, 3.05) is 66.3 Å². The van der Waals surface area contributed by atoms with Crippen molar-refractivity contribution in [3.8, 4) is 11.5 Å². The zero-order valence-electron chi connectivity index (χ0n) is 24.5. The molecule has 0 saturated carbocycles. The fourth-order valence-corrected chi connectivity index (χ4v) is 6.13. The molecule has 0 radical (unpaired) electrons. The lowest BCUT2D eigenvalue weighted by molar-refractivity contribution is 0.0198. The van der Waals surface area contributed by atoms with Crippen LogP contribution < -0.4 is 9.47 Å². The summed E-state index contributed by atoms with van der Waals surface area (Å²) >= 11 is 0. The van der Waals surface area contributed by atoms with Gasteiger partial charge in [0.25, 0.3) is 0 Å². The van der Waals surface area contributed by atoms with Crippen LogP contribution in [0.15, 0.2) is 36.5 Å². The summed E-state index contributed by atoms with van der Waals surface area (Å²) < 4.78 is 57.1. The molecule has 3 heterocycles. The topological polar surface area (TPSA) is 87.5 Å². The van der Waals surface area contributed by atoms with E-state index in [2.05, 4.69) is 14.8 Å². The summed E-state index contributed by atoms with van der Waals surface area (Å²) in [6.07, 6.45) is 3.63. The predicted molar refractivity (Wildman–Crippen MR) is 156 cm³/mol. The van der Waals surface area contributed by atoms with Crippen molar-refractivity contribution in [2.45, 2.75) is 38.3 Å². The molecule has 2 aliphatic rings. The van der Waals surface area contributed by atoms with E-state index < -0.39 is 29.3 Å². The molecular formula is C32H40F3N3O5. The number of hydrogen-bond donors (Lipinski definition) is 2. The number of morpholine rings is 1. The number of benzene rings is 2. The average Bonchev–Trinajstić information content (AvgIpc) is 3.03. The van der Waals surface area contributed by atoms with Gasteiger partial charge < -0.3 is 24.4 Å². The largest absolute Gasteiger partial charge is 0.497 e. The zero-order chi connectivity index (χ0) is 30.4. The summed E-state index contributed by atoms with van der Waals surface area (Å²) in [6.45, 7) is 5.53. The van der Waals surface area contributed by atoms with Gasteiger partial charge in [-0.15, -0.1) is 0 Å². The van der Waals surface area contributed by atoms with Crippen LogP contribution in [0.25, 0.3) is 10.9 Å². The van der Waals surface area contributed by atoms with E-state index >= 15 is 0 Å². The third-order valence-corrected chi connectivity index (χ3v) is 8.86. The van der Waals surface area contributed by atoms with E-state index in [1.54, 1.807) is 7.11 Å². The highest BCUT2D eigenvalue weighted by Crippen LogP contribution is 2.40. The van der Waals surface area contributed by atoms with Crippen LogP contribution in [0.4, 0.5) is 13.2 Å². The second-order valence-corrected chi connectivity index (χ2v) is 11.6. The number of hydrogen-bond acceptors (Lipinski definition) is 8. The standard InChI is InChI=1S/C32H40F3N3O5/c1-41-24-2-3-27-25(18-24)30(22(19-36-27)20-38-10-13-42-14-11-38)28(40)4-5-32(21-39)6-8-37(9-7-32)12-15-43-29-17-23(33)16-26(34)31(29)35/h2-3,16-19,28,39-40H,4-15,20-21H2,1H3/t28-/m0/s1. The minimum absolute atomic E-state index is 0.00336. The van der Waals surface area contributed by atoms with E-state index in [0.717, 1.165) is 41.2 Å². The molecule has 2 N–H and O–H groups in total. The molecule has 1 atom stereocenters. The van der Waals surface area contributed by atoms with Crippen LogP contribution in [-0.4, -0.2) is 91.3 Å². The molecule has 2 saturated heterocycles. The maximum Gasteiger partial charge on any atom is 0.200 e. The maximum atomic E-state index is 13.9. The lowest BCUT2D eigenvalue weighted by atomic mass is 9.74. The number of halogens is 3. The van der Waals surface area contributed by atoms with Crippen LogP contribution in [-0.2, 0) is 11.3 Å². The zero-order valence-corrected chi connectivity index (χ0v) is 24.5. The van der Waals surface area contributed by atoms with Crippen molar-refractivity contribution >= 4 is 10.9 Å². The third kappa shape index (κ3) is 7.58. The van der Waals surface area contributed by atoms with E-state index in [-0.39, 0.29) is 18.6 Å². The van der Waals surface area contributed by atoms with E-state index in [0.29, 0.717) is 76.9 Å². The van der Waals surface area contributed by atoms with Gasteiger partial charge in [0.1, 0.15) is 18.2 Å². The van der Waals surface area contributed by atoms with Gasteiger partial charge in [0.2, 0.25) is 5.82 Å². The SMILES string of the molecule is COc1ccc2ncc(CN3CCOCC3)c([C@@H](O)CCC3(CO)CCN(CCOc4cc(F)cc(F)c4F)CC3)c2c1. The number of aromatic nitrogens is 1. The van der Waals surface area contributed by atoms with Gasteiger partial charge in [-0.3, -0.25) is 14.8 Å². The van der Waals surface area contributed by atoms with Crippen molar-refractivity contribution in [1.29, 1.82) is 0 Å². The number of methoxy groups -OCH3 is 1. The first-order chi connectivity index (χ1) is 20.8. The molecule has 0 amide bonds. The minimum Gasteiger partial charge on any atom is -0.497 e. The smallest absolute Gasteiger partial charge is 0.200 e. The summed E-state index contributed by atoms with van der Waals surface area (Å²) in [5.41, 5.74) is 2.26. The molecule has 2 fully saturated rings. The Morgan fingerprint density at radius 2 is 1.81 bits per heavy atom. The normalized spacial score (nSPS) is 18.6. The fourth-order valence-electron chi connectivity index (χ4n) is 6.13. The maximum absolute atomic E-state index is 13.9. The summed E-state index contributed by atoms with van der Waals surface area (Å²) in [4.78, 5) is 9.10. The highest BCUT2D eigenvalue weighted by Gasteiger charge is 2.35. The Bertz CT molecular complexity index is 1380. The van der Waals surface area contributed by atoms with Crippen molar-refractivity contribution in [1.82, 2.24) is 14.8 Å². The van der Waals surface area contributed by atoms with Gasteiger partial charge in [-0.05, 0) is 73.5 Å². The van der Waals surface area contributed by atoms with Crippen LogP contribution in [0.1, 0.15) is 42.9 Å². The predicted octanol–water partition coefficient (Wildman–Crippen LogP) is 4.46. The van der Waals surface area contributed by atoms with Gasteiger partial charge >= 0.3 is 0 Å². The first-order valence-electron chi connectivity index (χ1n) is 14.8. The molecule has 234 valence electrons. The van der Waals surface area contributed by atoms with E-state index in [4.69, 9.17) is 14.2 Å². The van der Waals surface area contributed by atoms with Crippen molar-refractivity contribution in [3.63, 3.8) is 0 Å². The highest BCUT2D eigenvalue weighted by atomic mass is 19.2. The van der Waals surface area contributed by atoms with E-state index in [1.807, 2.05) is 24.4 Å². The minimum atomic E-state index is -1.28. The summed E-state index contributed by atoms with van der Waals surface area (Å²) in [6, 6.07) is 7.01. The van der Waals surface area contributed by atoms with Crippen molar-refractivity contribution < 1.29 is 37.6 Å². The van der Waals surface area contributed by atoms with Gasteiger partial charge in [-0.25, -0.2) is 8.78 Å². The molecule has 2 aliphatic heterocycles. The van der Waals surface area contributed by atoms with Crippen LogP contribution in [0, 0.1) is 22.9 Å². The number of piperidine rings is 1. The second kappa shape index (κ2) is 14.2. The van der Waals surface area contributed by atoms with Gasteiger partial charge in [-0.2, -0.15) is 4.39 Å². The number of rotatable bonds is 12. The molecule has 0 aliphatic carbocycles. The number of likely N-dealkylation sites (tertiary alicyclic amines) is 1. The molecule has 0 spiro atoms. The van der Waals surface area contributed by atoms with Gasteiger partial charge in [-0.1, -0.05) is 0 Å². The third-order valence-electron chi connectivity index (χ3n) is 8.86. The van der Waals surface area contributed by atoms with E-state index in [1.165, 1.54) is 0 Å². The fraction of sp³-hybridized carbons (Fsp3) is 0.531. The summed E-state index contributed by atoms with van der Waals surface area (Å²) in [5, 5.41) is 23.0. The number of ether oxygens (including phenoxy) is 3. The molecule has 11 heteroatoms. The highest BCUT2D eigenvalue weighted by molar-refractivity contribution is 5.85. The first kappa shape index (κ1) is 31.5. The lowest BCUT2D eigenvalue weighted by Gasteiger charge is -2.41. The summed E-state index contributed by atoms with van der Waals surface area (Å²) in [7, 11) is 1.62. The van der Waals surface area contributed by atoms with Crippen molar-refractivity contribution in [3.05, 3.63) is 65.1 Å². The Balaban J connectivity index is 1.22. The van der Waals surface area contributed by atoms with Crippen LogP contribution in [0.3, 0.4) is 0 Å². The van der Waals surface area contributed by atoms with Gasteiger partial charge in [0, 0.05) is 56.5 Å². The Labute approximate surface area is 250 Å². The number of nitrogens with zero attached hydrogens (tertiary/aromatic N) is 3. The molecule has 0 bridgehead atoms. The molecule has 2 aromatic carbocycles. The quantitative estimate of drug-likeness (QED) is 0.294.